The van der Waals surface area contributed by atoms with E-state index in [1.54, 1.807) is 13.2 Å². The highest BCUT2D eigenvalue weighted by Crippen LogP contribution is 2.34. The molecule has 0 saturated heterocycles. The van der Waals surface area contributed by atoms with Crippen LogP contribution in [0.25, 0.3) is 0 Å². The molecule has 0 bridgehead atoms. The van der Waals surface area contributed by atoms with Crippen LogP contribution in [0.2, 0.25) is 0 Å². The average Bonchev–Trinajstić information content (AvgIpc) is 2.60. The van der Waals surface area contributed by atoms with Crippen LogP contribution in [0.15, 0.2) is 55.6 Å². The van der Waals surface area contributed by atoms with E-state index >= 15 is 0 Å². The number of benzene rings is 2. The van der Waals surface area contributed by atoms with Crippen LogP contribution < -0.4 is 14.8 Å². The Labute approximate surface area is 151 Å². The Hall–Kier alpha value is -2.68. The molecule has 1 N–H and O–H groups in total. The van der Waals surface area contributed by atoms with Crippen molar-refractivity contribution in [3.63, 3.8) is 0 Å². The molecule has 0 amide bonds. The summed E-state index contributed by atoms with van der Waals surface area (Å²) < 4.78 is 11.3. The molecule has 0 heterocycles. The van der Waals surface area contributed by atoms with Crippen LogP contribution in [0, 0.1) is 13.8 Å². The molecular weight excluding hydrogens is 310 g/mol. The zero-order chi connectivity index (χ0) is 18.2. The van der Waals surface area contributed by atoms with Crippen molar-refractivity contribution in [2.45, 2.75) is 26.8 Å². The van der Waals surface area contributed by atoms with Gasteiger partial charge in [0.25, 0.3) is 0 Å². The Bertz CT molecular complexity index is 750. The van der Waals surface area contributed by atoms with Crippen molar-refractivity contribution in [3.05, 3.63) is 77.9 Å². The van der Waals surface area contributed by atoms with Crippen molar-refractivity contribution in [3.8, 4) is 11.5 Å². The Balaban J connectivity index is 2.26. The smallest absolute Gasteiger partial charge is 0.165 e. The van der Waals surface area contributed by atoms with Crippen molar-refractivity contribution in [1.29, 1.82) is 0 Å². The third-order valence-electron chi connectivity index (χ3n) is 3.99. The fraction of sp³-hybridized carbons (Fsp3) is 0.273. The zero-order valence-corrected chi connectivity index (χ0v) is 15.4. The van der Waals surface area contributed by atoms with Gasteiger partial charge >= 0.3 is 0 Å². The first-order valence-corrected chi connectivity index (χ1v) is 8.44. The molecule has 0 spiro atoms. The number of ether oxygens (including phenoxy) is 2. The second kappa shape index (κ2) is 8.97. The summed E-state index contributed by atoms with van der Waals surface area (Å²) in [5, 5.41) is 3.50. The number of anilines is 1. The zero-order valence-electron chi connectivity index (χ0n) is 15.4. The van der Waals surface area contributed by atoms with Gasteiger partial charge in [-0.3, -0.25) is 0 Å². The highest BCUT2D eigenvalue weighted by atomic mass is 16.5. The van der Waals surface area contributed by atoms with Crippen molar-refractivity contribution in [2.75, 3.05) is 19.0 Å². The topological polar surface area (TPSA) is 30.5 Å². The number of allylic oxidation sites excluding steroid dienone is 1. The lowest BCUT2D eigenvalue weighted by Gasteiger charge is -2.17. The summed E-state index contributed by atoms with van der Waals surface area (Å²) in [4.78, 5) is 0. The standard InChI is InChI=1S/C22H27NO2/c1-6-8-19-13-18(14-21(24-5)22(19)25-11-7-2)15-23-20-10-9-16(3)12-17(20)4/h6-7,9-10,12-14,23H,1-2,8,11,15H2,3-5H3. The van der Waals surface area contributed by atoms with Gasteiger partial charge in [0.1, 0.15) is 6.61 Å². The van der Waals surface area contributed by atoms with E-state index in [0.29, 0.717) is 13.2 Å². The molecular formula is C22H27NO2. The van der Waals surface area contributed by atoms with E-state index in [-0.39, 0.29) is 0 Å². The van der Waals surface area contributed by atoms with Gasteiger partial charge in [0.2, 0.25) is 0 Å². The van der Waals surface area contributed by atoms with Gasteiger partial charge in [-0.25, -0.2) is 0 Å². The maximum Gasteiger partial charge on any atom is 0.165 e. The molecule has 3 nitrogen and oxygen atoms in total. The first-order chi connectivity index (χ1) is 12.1. The number of nitrogens with one attached hydrogen (secondary N) is 1. The van der Waals surface area contributed by atoms with E-state index in [2.05, 4.69) is 56.6 Å². The number of rotatable bonds is 9. The summed E-state index contributed by atoms with van der Waals surface area (Å²) in [5.74, 6) is 1.50. The monoisotopic (exact) mass is 337 g/mol. The second-order valence-electron chi connectivity index (χ2n) is 6.05. The van der Waals surface area contributed by atoms with Crippen LogP contribution in [0.5, 0.6) is 11.5 Å². The van der Waals surface area contributed by atoms with Crippen molar-refractivity contribution in [1.82, 2.24) is 0 Å². The molecule has 0 atom stereocenters. The third kappa shape index (κ3) is 4.90. The Morgan fingerprint density at radius 2 is 1.88 bits per heavy atom. The van der Waals surface area contributed by atoms with Crippen LogP contribution in [0.4, 0.5) is 5.69 Å². The maximum absolute atomic E-state index is 5.80. The van der Waals surface area contributed by atoms with Gasteiger partial charge in [-0.15, -0.1) is 6.58 Å². The molecule has 132 valence electrons. The van der Waals surface area contributed by atoms with E-state index < -0.39 is 0 Å². The quantitative estimate of drug-likeness (QED) is 0.637. The highest BCUT2D eigenvalue weighted by molar-refractivity contribution is 5.54. The minimum Gasteiger partial charge on any atom is -0.493 e. The highest BCUT2D eigenvalue weighted by Gasteiger charge is 2.12. The second-order valence-corrected chi connectivity index (χ2v) is 6.05. The van der Waals surface area contributed by atoms with Crippen molar-refractivity contribution >= 4 is 5.69 Å². The van der Waals surface area contributed by atoms with Gasteiger partial charge in [0.15, 0.2) is 11.5 Å². The Kier molecular flexibility index (Phi) is 6.70. The van der Waals surface area contributed by atoms with Gasteiger partial charge in [-0.2, -0.15) is 0 Å². The van der Waals surface area contributed by atoms with Gasteiger partial charge < -0.3 is 14.8 Å². The normalized spacial score (nSPS) is 10.2. The Morgan fingerprint density at radius 1 is 1.08 bits per heavy atom. The lowest BCUT2D eigenvalue weighted by molar-refractivity contribution is 0.323. The molecule has 0 fully saturated rings. The summed E-state index contributed by atoms with van der Waals surface area (Å²) in [6, 6.07) is 10.6. The lowest BCUT2D eigenvalue weighted by atomic mass is 10.0. The van der Waals surface area contributed by atoms with Gasteiger partial charge in [-0.1, -0.05) is 36.4 Å². The number of hydrogen-bond acceptors (Lipinski definition) is 3. The fourth-order valence-corrected chi connectivity index (χ4v) is 2.80. The summed E-state index contributed by atoms with van der Waals surface area (Å²) in [6.07, 6.45) is 4.32. The van der Waals surface area contributed by atoms with Gasteiger partial charge in [0, 0.05) is 17.8 Å². The molecule has 0 aliphatic heterocycles. The lowest BCUT2D eigenvalue weighted by Crippen LogP contribution is -2.05. The number of methoxy groups -OCH3 is 1. The van der Waals surface area contributed by atoms with Crippen molar-refractivity contribution in [2.24, 2.45) is 0 Å². The molecule has 25 heavy (non-hydrogen) atoms. The predicted molar refractivity (Wildman–Crippen MR) is 106 cm³/mol. The van der Waals surface area contributed by atoms with Crippen LogP contribution in [0.3, 0.4) is 0 Å². The van der Waals surface area contributed by atoms with E-state index in [9.17, 15) is 0 Å². The molecule has 0 unspecified atom stereocenters. The average molecular weight is 337 g/mol. The van der Waals surface area contributed by atoms with Crippen LogP contribution >= 0.6 is 0 Å². The molecule has 3 heteroatoms. The van der Waals surface area contributed by atoms with Crippen LogP contribution in [-0.2, 0) is 13.0 Å². The molecule has 0 radical (unpaired) electrons. The number of aryl methyl sites for hydroxylation is 2. The fourth-order valence-electron chi connectivity index (χ4n) is 2.80. The van der Waals surface area contributed by atoms with Crippen LogP contribution in [0.1, 0.15) is 22.3 Å². The summed E-state index contributed by atoms with van der Waals surface area (Å²) in [6.45, 7) is 12.9. The first-order valence-electron chi connectivity index (χ1n) is 8.44. The summed E-state index contributed by atoms with van der Waals surface area (Å²) >= 11 is 0. The minimum atomic E-state index is 0.445. The molecule has 0 aliphatic carbocycles. The SMILES string of the molecule is C=CCOc1c(CC=C)cc(CNc2ccc(C)cc2C)cc1OC. The molecule has 2 aromatic rings. The van der Waals surface area contributed by atoms with E-state index in [0.717, 1.165) is 34.7 Å². The van der Waals surface area contributed by atoms with E-state index in [4.69, 9.17) is 9.47 Å². The number of hydrogen-bond donors (Lipinski definition) is 1. The largest absolute Gasteiger partial charge is 0.493 e. The summed E-state index contributed by atoms with van der Waals surface area (Å²) in [7, 11) is 1.66. The molecule has 2 rings (SSSR count). The van der Waals surface area contributed by atoms with Crippen LogP contribution in [-0.4, -0.2) is 13.7 Å². The maximum atomic E-state index is 5.80. The minimum absolute atomic E-state index is 0.445. The van der Waals surface area contributed by atoms with Crippen molar-refractivity contribution < 1.29 is 9.47 Å². The summed E-state index contributed by atoms with van der Waals surface area (Å²) in [5.41, 5.74) is 5.85. The third-order valence-corrected chi connectivity index (χ3v) is 3.99. The Morgan fingerprint density at radius 3 is 2.52 bits per heavy atom. The predicted octanol–water partition coefficient (Wildman–Crippen LogP) is 5.22. The van der Waals surface area contributed by atoms with Gasteiger partial charge in [0.05, 0.1) is 7.11 Å². The van der Waals surface area contributed by atoms with E-state index in [1.165, 1.54) is 11.1 Å². The molecule has 0 aromatic heterocycles. The molecule has 0 saturated carbocycles. The molecule has 2 aromatic carbocycles. The molecule has 0 aliphatic rings. The first kappa shape index (κ1) is 18.7. The van der Waals surface area contributed by atoms with Gasteiger partial charge in [-0.05, 0) is 49.6 Å². The van der Waals surface area contributed by atoms with E-state index in [1.807, 2.05) is 12.1 Å².